The highest BCUT2D eigenvalue weighted by Crippen LogP contribution is 2.15. The van der Waals surface area contributed by atoms with Crippen LogP contribution in [0.5, 0.6) is 5.75 Å². The molecule has 17 heavy (non-hydrogen) atoms. The van der Waals surface area contributed by atoms with Crippen LogP contribution in [0.1, 0.15) is 44.0 Å². The lowest BCUT2D eigenvalue weighted by atomic mass is 10.1. The number of carbonyl (C=O) groups is 2. The molecule has 3 heteroatoms. The summed E-state index contributed by atoms with van der Waals surface area (Å²) in [6.45, 7) is 5.37. The minimum atomic E-state index is -0.437. The molecule has 0 aromatic heterocycles. The quantitative estimate of drug-likeness (QED) is 0.710. The summed E-state index contributed by atoms with van der Waals surface area (Å²) in [6.07, 6.45) is 0.520. The number of hydrogen-bond acceptors (Lipinski definition) is 3. The molecular weight excluding hydrogens is 216 g/mol. The van der Waals surface area contributed by atoms with Gasteiger partial charge in [0, 0.05) is 18.4 Å². The van der Waals surface area contributed by atoms with Gasteiger partial charge >= 0.3 is 0 Å². The summed E-state index contributed by atoms with van der Waals surface area (Å²) in [5, 5.41) is 0. The normalized spacial score (nSPS) is 11.9. The van der Waals surface area contributed by atoms with Gasteiger partial charge in [0.25, 0.3) is 0 Å². The van der Waals surface area contributed by atoms with E-state index in [-0.39, 0.29) is 11.6 Å². The maximum Gasteiger partial charge on any atom is 0.172 e. The van der Waals surface area contributed by atoms with Gasteiger partial charge in [-0.05, 0) is 31.2 Å². The Balaban J connectivity index is 2.68. The van der Waals surface area contributed by atoms with E-state index < -0.39 is 6.10 Å². The number of hydrogen-bond donors (Lipinski definition) is 0. The SMILES string of the molecule is CCC(=O)c1ccc(OC(C)C(=O)CC)cc1. The van der Waals surface area contributed by atoms with Crippen molar-refractivity contribution in [1.82, 2.24) is 0 Å². The third-order valence-corrected chi connectivity index (χ3v) is 2.61. The maximum atomic E-state index is 11.4. The van der Waals surface area contributed by atoms with Crippen molar-refractivity contribution in [3.63, 3.8) is 0 Å². The molecule has 1 unspecified atom stereocenters. The molecule has 3 nitrogen and oxygen atoms in total. The highest BCUT2D eigenvalue weighted by molar-refractivity contribution is 5.95. The molecule has 0 saturated heterocycles. The average Bonchev–Trinajstić information content (AvgIpc) is 2.37. The molecule has 0 amide bonds. The fourth-order valence-corrected chi connectivity index (χ4v) is 1.48. The molecule has 1 atom stereocenters. The Labute approximate surface area is 102 Å². The molecule has 92 valence electrons. The van der Waals surface area contributed by atoms with Gasteiger partial charge in [-0.2, -0.15) is 0 Å². The van der Waals surface area contributed by atoms with Crippen LogP contribution in [0.4, 0.5) is 0 Å². The maximum absolute atomic E-state index is 11.4. The van der Waals surface area contributed by atoms with E-state index in [2.05, 4.69) is 0 Å². The standard InChI is InChI=1S/C14H18O3/c1-4-13(15)10(3)17-12-8-6-11(7-9-12)14(16)5-2/h6-10H,4-5H2,1-3H3. The zero-order chi connectivity index (χ0) is 12.8. The Morgan fingerprint density at radius 1 is 1.12 bits per heavy atom. The van der Waals surface area contributed by atoms with E-state index in [1.54, 1.807) is 31.2 Å². The lowest BCUT2D eigenvalue weighted by Gasteiger charge is -2.12. The van der Waals surface area contributed by atoms with Crippen molar-refractivity contribution >= 4 is 11.6 Å². The second-order valence-electron chi connectivity index (χ2n) is 3.88. The molecule has 0 aliphatic rings. The first-order valence-electron chi connectivity index (χ1n) is 5.91. The highest BCUT2D eigenvalue weighted by atomic mass is 16.5. The molecule has 1 aromatic carbocycles. The smallest absolute Gasteiger partial charge is 0.172 e. The number of benzene rings is 1. The zero-order valence-corrected chi connectivity index (χ0v) is 10.5. The lowest BCUT2D eigenvalue weighted by Crippen LogP contribution is -2.22. The van der Waals surface area contributed by atoms with E-state index in [1.807, 2.05) is 13.8 Å². The van der Waals surface area contributed by atoms with E-state index in [9.17, 15) is 9.59 Å². The van der Waals surface area contributed by atoms with Crippen molar-refractivity contribution in [1.29, 1.82) is 0 Å². The van der Waals surface area contributed by atoms with Crippen LogP contribution in [-0.2, 0) is 4.79 Å². The lowest BCUT2D eigenvalue weighted by molar-refractivity contribution is -0.124. The number of rotatable bonds is 6. The van der Waals surface area contributed by atoms with Crippen LogP contribution in [0.3, 0.4) is 0 Å². The molecular formula is C14H18O3. The Bertz CT molecular complexity index is 392. The molecule has 1 aromatic rings. The van der Waals surface area contributed by atoms with Crippen molar-refractivity contribution in [2.75, 3.05) is 0 Å². The number of Topliss-reactive ketones (excluding diaryl/α,β-unsaturated/α-hetero) is 2. The Kier molecular flexibility index (Phi) is 4.88. The van der Waals surface area contributed by atoms with Crippen molar-refractivity contribution in [3.05, 3.63) is 29.8 Å². The van der Waals surface area contributed by atoms with Crippen LogP contribution in [-0.4, -0.2) is 17.7 Å². The summed E-state index contributed by atoms with van der Waals surface area (Å²) in [5.74, 6) is 0.792. The molecule has 0 spiro atoms. The second-order valence-corrected chi connectivity index (χ2v) is 3.88. The average molecular weight is 234 g/mol. The Hall–Kier alpha value is -1.64. The van der Waals surface area contributed by atoms with Crippen LogP contribution in [0.15, 0.2) is 24.3 Å². The van der Waals surface area contributed by atoms with E-state index in [0.717, 1.165) is 0 Å². The van der Waals surface area contributed by atoms with Gasteiger partial charge in [-0.25, -0.2) is 0 Å². The minimum absolute atomic E-state index is 0.0683. The summed E-state index contributed by atoms with van der Waals surface area (Å²) >= 11 is 0. The third kappa shape index (κ3) is 3.70. The van der Waals surface area contributed by atoms with Crippen molar-refractivity contribution in [2.24, 2.45) is 0 Å². The Morgan fingerprint density at radius 3 is 2.18 bits per heavy atom. The van der Waals surface area contributed by atoms with Crippen molar-refractivity contribution < 1.29 is 14.3 Å². The molecule has 0 bridgehead atoms. The molecule has 1 rings (SSSR count). The van der Waals surface area contributed by atoms with Gasteiger partial charge in [-0.1, -0.05) is 13.8 Å². The predicted octanol–water partition coefficient (Wildman–Crippen LogP) is 3.03. The van der Waals surface area contributed by atoms with E-state index >= 15 is 0 Å². The first-order chi connectivity index (χ1) is 8.08. The van der Waals surface area contributed by atoms with Crippen LogP contribution < -0.4 is 4.74 Å². The van der Waals surface area contributed by atoms with Gasteiger partial charge in [0.2, 0.25) is 0 Å². The van der Waals surface area contributed by atoms with Gasteiger partial charge in [0.15, 0.2) is 17.7 Å². The van der Waals surface area contributed by atoms with E-state index in [0.29, 0.717) is 24.2 Å². The molecule has 0 fully saturated rings. The fraction of sp³-hybridized carbons (Fsp3) is 0.429. The summed E-state index contributed by atoms with van der Waals surface area (Å²) in [7, 11) is 0. The van der Waals surface area contributed by atoms with Crippen LogP contribution in [0.25, 0.3) is 0 Å². The predicted molar refractivity (Wildman–Crippen MR) is 66.5 cm³/mol. The van der Waals surface area contributed by atoms with Gasteiger partial charge < -0.3 is 4.74 Å². The topological polar surface area (TPSA) is 43.4 Å². The number of ether oxygens (including phenoxy) is 1. The molecule has 0 N–H and O–H groups in total. The molecule has 0 aliphatic carbocycles. The number of ketones is 2. The monoisotopic (exact) mass is 234 g/mol. The molecule has 0 aliphatic heterocycles. The second kappa shape index (κ2) is 6.18. The first kappa shape index (κ1) is 13.4. The zero-order valence-electron chi connectivity index (χ0n) is 10.5. The summed E-state index contributed by atoms with van der Waals surface area (Å²) in [4.78, 5) is 22.8. The van der Waals surface area contributed by atoms with E-state index in [4.69, 9.17) is 4.74 Å². The van der Waals surface area contributed by atoms with Crippen molar-refractivity contribution in [2.45, 2.75) is 39.7 Å². The third-order valence-electron chi connectivity index (χ3n) is 2.61. The number of carbonyl (C=O) groups excluding carboxylic acids is 2. The largest absolute Gasteiger partial charge is 0.483 e. The van der Waals surface area contributed by atoms with Gasteiger partial charge in [-0.3, -0.25) is 9.59 Å². The molecule has 0 radical (unpaired) electrons. The molecule has 0 heterocycles. The van der Waals surface area contributed by atoms with Crippen LogP contribution >= 0.6 is 0 Å². The van der Waals surface area contributed by atoms with Crippen LogP contribution in [0, 0.1) is 0 Å². The highest BCUT2D eigenvalue weighted by Gasteiger charge is 2.12. The van der Waals surface area contributed by atoms with E-state index in [1.165, 1.54) is 0 Å². The summed E-state index contributed by atoms with van der Waals surface area (Å²) in [5.41, 5.74) is 0.675. The summed E-state index contributed by atoms with van der Waals surface area (Å²) in [6, 6.07) is 6.90. The van der Waals surface area contributed by atoms with Gasteiger partial charge in [-0.15, -0.1) is 0 Å². The molecule has 0 saturated carbocycles. The van der Waals surface area contributed by atoms with Gasteiger partial charge in [0.1, 0.15) is 5.75 Å². The van der Waals surface area contributed by atoms with Gasteiger partial charge in [0.05, 0.1) is 0 Å². The Morgan fingerprint density at radius 2 is 1.71 bits per heavy atom. The summed E-state index contributed by atoms with van der Waals surface area (Å²) < 4.78 is 5.47. The van der Waals surface area contributed by atoms with Crippen LogP contribution in [0.2, 0.25) is 0 Å². The fourth-order valence-electron chi connectivity index (χ4n) is 1.48. The van der Waals surface area contributed by atoms with Crippen molar-refractivity contribution in [3.8, 4) is 5.75 Å². The minimum Gasteiger partial charge on any atom is -0.483 e. The first-order valence-corrected chi connectivity index (χ1v) is 5.91.